The number of amides is 1. The Hall–Kier alpha value is -2.64. The van der Waals surface area contributed by atoms with Gasteiger partial charge in [-0.15, -0.1) is 11.3 Å². The summed E-state index contributed by atoms with van der Waals surface area (Å²) in [5.41, 5.74) is 2.39. The highest BCUT2D eigenvalue weighted by molar-refractivity contribution is 7.15. The molecular formula is C20H22N4O2S. The fourth-order valence-corrected chi connectivity index (χ4v) is 4.00. The third kappa shape index (κ3) is 3.89. The smallest absolute Gasteiger partial charge is 0.275 e. The average molecular weight is 382 g/mol. The van der Waals surface area contributed by atoms with Gasteiger partial charge in [-0.2, -0.15) is 0 Å². The number of piperazine rings is 1. The predicted molar refractivity (Wildman–Crippen MR) is 109 cm³/mol. The summed E-state index contributed by atoms with van der Waals surface area (Å²) in [6, 6.07) is 11.7. The Bertz CT molecular complexity index is 910. The third-order valence-corrected chi connectivity index (χ3v) is 5.72. The number of aromatic nitrogens is 1. The SMILES string of the molecule is Cc1sc(-c2ccco2)nc1C(=O)Nc1ccc(N2CCN(C)CC2)cc1. The molecule has 2 aromatic heterocycles. The van der Waals surface area contributed by atoms with Crippen molar-refractivity contribution in [3.8, 4) is 10.8 Å². The number of benzene rings is 1. The van der Waals surface area contributed by atoms with Crippen molar-refractivity contribution in [2.75, 3.05) is 43.4 Å². The summed E-state index contributed by atoms with van der Waals surface area (Å²) < 4.78 is 5.37. The van der Waals surface area contributed by atoms with Crippen molar-refractivity contribution in [2.45, 2.75) is 6.92 Å². The molecule has 7 heteroatoms. The maximum Gasteiger partial charge on any atom is 0.275 e. The summed E-state index contributed by atoms with van der Waals surface area (Å²) in [5.74, 6) is 0.479. The Morgan fingerprint density at radius 1 is 1.15 bits per heavy atom. The van der Waals surface area contributed by atoms with Gasteiger partial charge >= 0.3 is 0 Å². The number of hydrogen-bond acceptors (Lipinski definition) is 6. The zero-order valence-electron chi connectivity index (χ0n) is 15.4. The fraction of sp³-hybridized carbons (Fsp3) is 0.300. The fourth-order valence-electron chi connectivity index (χ4n) is 3.12. The van der Waals surface area contributed by atoms with Crippen LogP contribution in [0.15, 0.2) is 47.1 Å². The molecule has 0 unspecified atom stereocenters. The molecule has 1 N–H and O–H groups in total. The van der Waals surface area contributed by atoms with Gasteiger partial charge in [-0.1, -0.05) is 0 Å². The van der Waals surface area contributed by atoms with Crippen LogP contribution in [0.25, 0.3) is 10.8 Å². The molecule has 140 valence electrons. The van der Waals surface area contributed by atoms with Crippen LogP contribution in [0.3, 0.4) is 0 Å². The molecule has 1 aromatic carbocycles. The van der Waals surface area contributed by atoms with Crippen molar-refractivity contribution in [2.24, 2.45) is 0 Å². The van der Waals surface area contributed by atoms with E-state index < -0.39 is 0 Å². The van der Waals surface area contributed by atoms with E-state index in [4.69, 9.17) is 4.42 Å². The minimum absolute atomic E-state index is 0.200. The lowest BCUT2D eigenvalue weighted by atomic mass is 10.2. The van der Waals surface area contributed by atoms with Gasteiger partial charge < -0.3 is 19.5 Å². The molecule has 4 rings (SSSR count). The number of anilines is 2. The van der Waals surface area contributed by atoms with Gasteiger partial charge in [0.15, 0.2) is 10.8 Å². The lowest BCUT2D eigenvalue weighted by molar-refractivity contribution is 0.102. The second-order valence-electron chi connectivity index (χ2n) is 6.69. The normalized spacial score (nSPS) is 15.1. The van der Waals surface area contributed by atoms with E-state index in [0.29, 0.717) is 16.5 Å². The Kier molecular flexibility index (Phi) is 4.96. The lowest BCUT2D eigenvalue weighted by Crippen LogP contribution is -2.44. The van der Waals surface area contributed by atoms with Gasteiger partial charge in [0.25, 0.3) is 5.91 Å². The molecule has 0 aliphatic carbocycles. The van der Waals surface area contributed by atoms with Gasteiger partial charge in [0.05, 0.1) is 6.26 Å². The van der Waals surface area contributed by atoms with Crippen molar-refractivity contribution >= 4 is 28.6 Å². The number of aryl methyl sites for hydroxylation is 1. The first kappa shape index (κ1) is 17.8. The lowest BCUT2D eigenvalue weighted by Gasteiger charge is -2.34. The zero-order chi connectivity index (χ0) is 18.8. The van der Waals surface area contributed by atoms with Crippen LogP contribution in [0.1, 0.15) is 15.4 Å². The van der Waals surface area contributed by atoms with Crippen LogP contribution in [0, 0.1) is 6.92 Å². The monoisotopic (exact) mass is 382 g/mol. The topological polar surface area (TPSA) is 61.6 Å². The number of hydrogen-bond donors (Lipinski definition) is 1. The first-order valence-corrected chi connectivity index (χ1v) is 9.78. The van der Waals surface area contributed by atoms with E-state index in [9.17, 15) is 4.79 Å². The Morgan fingerprint density at radius 2 is 1.89 bits per heavy atom. The van der Waals surface area contributed by atoms with E-state index >= 15 is 0 Å². The summed E-state index contributed by atoms with van der Waals surface area (Å²) in [7, 11) is 2.15. The van der Waals surface area contributed by atoms with E-state index in [1.807, 2.05) is 31.2 Å². The van der Waals surface area contributed by atoms with Crippen molar-refractivity contribution in [1.82, 2.24) is 9.88 Å². The summed E-state index contributed by atoms with van der Waals surface area (Å²) in [6.45, 7) is 6.08. The van der Waals surface area contributed by atoms with Crippen LogP contribution in [0.2, 0.25) is 0 Å². The average Bonchev–Trinajstić information content (AvgIpc) is 3.33. The Labute approximate surface area is 162 Å². The Morgan fingerprint density at radius 3 is 2.56 bits per heavy atom. The molecule has 1 aliphatic heterocycles. The number of carbonyl (C=O) groups is 1. The van der Waals surface area contributed by atoms with Gasteiger partial charge in [0.2, 0.25) is 0 Å². The first-order chi connectivity index (χ1) is 13.1. The third-order valence-electron chi connectivity index (χ3n) is 4.74. The van der Waals surface area contributed by atoms with Crippen LogP contribution in [-0.4, -0.2) is 49.0 Å². The number of carbonyl (C=O) groups excluding carboxylic acids is 1. The molecule has 6 nitrogen and oxygen atoms in total. The summed E-state index contributed by atoms with van der Waals surface area (Å²) >= 11 is 1.46. The predicted octanol–water partition coefficient (Wildman–Crippen LogP) is 3.72. The highest BCUT2D eigenvalue weighted by atomic mass is 32.1. The molecule has 0 saturated carbocycles. The molecule has 0 spiro atoms. The number of rotatable bonds is 4. The Balaban J connectivity index is 1.44. The zero-order valence-corrected chi connectivity index (χ0v) is 16.3. The van der Waals surface area contributed by atoms with Crippen molar-refractivity contribution in [3.63, 3.8) is 0 Å². The van der Waals surface area contributed by atoms with Crippen molar-refractivity contribution < 1.29 is 9.21 Å². The molecule has 27 heavy (non-hydrogen) atoms. The van der Waals surface area contributed by atoms with E-state index in [1.54, 1.807) is 6.26 Å². The molecule has 0 bridgehead atoms. The number of furan rings is 1. The number of nitrogens with one attached hydrogen (secondary N) is 1. The summed E-state index contributed by atoms with van der Waals surface area (Å²) in [5, 5.41) is 3.66. The first-order valence-electron chi connectivity index (χ1n) is 8.96. The molecule has 3 aromatic rings. The van der Waals surface area contributed by atoms with Gasteiger partial charge in [-0.3, -0.25) is 4.79 Å². The summed E-state index contributed by atoms with van der Waals surface area (Å²) in [6.07, 6.45) is 1.60. The molecule has 0 atom stereocenters. The van der Waals surface area contributed by atoms with Crippen molar-refractivity contribution in [3.05, 3.63) is 53.2 Å². The van der Waals surface area contributed by atoms with Crippen LogP contribution in [-0.2, 0) is 0 Å². The summed E-state index contributed by atoms with van der Waals surface area (Å²) in [4.78, 5) is 22.6. The highest BCUT2D eigenvalue weighted by Crippen LogP contribution is 2.28. The maximum atomic E-state index is 12.6. The molecule has 1 amide bonds. The second kappa shape index (κ2) is 7.54. The van der Waals surface area contributed by atoms with Gasteiger partial charge in [-0.05, 0) is 50.4 Å². The quantitative estimate of drug-likeness (QED) is 0.745. The highest BCUT2D eigenvalue weighted by Gasteiger charge is 2.18. The molecule has 0 radical (unpaired) electrons. The second-order valence-corrected chi connectivity index (χ2v) is 7.90. The van der Waals surface area contributed by atoms with Gasteiger partial charge in [-0.25, -0.2) is 4.98 Å². The van der Waals surface area contributed by atoms with Crippen molar-refractivity contribution in [1.29, 1.82) is 0 Å². The largest absolute Gasteiger partial charge is 0.462 e. The minimum Gasteiger partial charge on any atom is -0.462 e. The number of likely N-dealkylation sites (N-methyl/N-ethyl adjacent to an activating group) is 1. The van der Waals surface area contributed by atoms with Crippen LogP contribution in [0.4, 0.5) is 11.4 Å². The maximum absolute atomic E-state index is 12.6. The van der Waals surface area contributed by atoms with E-state index in [0.717, 1.165) is 36.7 Å². The minimum atomic E-state index is -0.200. The van der Waals surface area contributed by atoms with E-state index in [-0.39, 0.29) is 5.91 Å². The number of thiazole rings is 1. The number of nitrogens with zero attached hydrogens (tertiary/aromatic N) is 3. The molecule has 1 fully saturated rings. The van der Waals surface area contributed by atoms with Crippen LogP contribution in [0.5, 0.6) is 0 Å². The van der Waals surface area contributed by atoms with Gasteiger partial charge in [0, 0.05) is 42.4 Å². The van der Waals surface area contributed by atoms with E-state index in [1.165, 1.54) is 17.0 Å². The molecule has 1 saturated heterocycles. The van der Waals surface area contributed by atoms with Crippen LogP contribution >= 0.6 is 11.3 Å². The molecule has 1 aliphatic rings. The van der Waals surface area contributed by atoms with Gasteiger partial charge in [0.1, 0.15) is 5.69 Å². The molecular weight excluding hydrogens is 360 g/mol. The molecule has 3 heterocycles. The standard InChI is InChI=1S/C20H22N4O2S/c1-14-18(22-20(27-14)17-4-3-13-26-17)19(25)21-15-5-7-16(8-6-15)24-11-9-23(2)10-12-24/h3-8,13H,9-12H2,1-2H3,(H,21,25). The van der Waals surface area contributed by atoms with Crippen LogP contribution < -0.4 is 10.2 Å². The van der Waals surface area contributed by atoms with E-state index in [2.05, 4.69) is 39.3 Å².